The van der Waals surface area contributed by atoms with Crippen LogP contribution in [0.25, 0.3) is 11.4 Å². The van der Waals surface area contributed by atoms with Crippen molar-refractivity contribution in [3.05, 3.63) is 29.8 Å². The van der Waals surface area contributed by atoms with Gasteiger partial charge >= 0.3 is 0 Å². The van der Waals surface area contributed by atoms with Gasteiger partial charge in [0.2, 0.25) is 5.16 Å². The van der Waals surface area contributed by atoms with E-state index < -0.39 is 0 Å². The van der Waals surface area contributed by atoms with Crippen LogP contribution in [0.1, 0.15) is 26.3 Å². The van der Waals surface area contributed by atoms with E-state index in [1.165, 1.54) is 5.56 Å². The largest absolute Gasteiger partial charge is 0.258 e. The Morgan fingerprint density at radius 3 is 2.53 bits per heavy atom. The molecule has 3 nitrogen and oxygen atoms in total. The standard InChI is InChI=1S/C13H17N3S/c1-4-10-5-7-11(8-6-10)12-14-13(16-15-12)17-9(2)3/h5-9H,4H2,1-3H3,(H,14,15,16). The van der Waals surface area contributed by atoms with Crippen LogP contribution in [0.15, 0.2) is 29.4 Å². The molecule has 0 saturated carbocycles. The van der Waals surface area contributed by atoms with Crippen LogP contribution in [0.4, 0.5) is 0 Å². The Morgan fingerprint density at radius 1 is 1.24 bits per heavy atom. The van der Waals surface area contributed by atoms with Gasteiger partial charge in [-0.3, -0.25) is 5.10 Å². The zero-order valence-corrected chi connectivity index (χ0v) is 11.2. The first-order chi connectivity index (χ1) is 8.19. The zero-order valence-electron chi connectivity index (χ0n) is 10.4. The summed E-state index contributed by atoms with van der Waals surface area (Å²) in [6.45, 7) is 6.42. The number of nitrogens with one attached hydrogen (secondary N) is 1. The van der Waals surface area contributed by atoms with E-state index in [0.29, 0.717) is 5.25 Å². The van der Waals surface area contributed by atoms with Crippen molar-refractivity contribution in [3.63, 3.8) is 0 Å². The van der Waals surface area contributed by atoms with Crippen molar-refractivity contribution in [2.45, 2.75) is 37.6 Å². The zero-order chi connectivity index (χ0) is 12.3. The quantitative estimate of drug-likeness (QED) is 0.840. The number of benzene rings is 1. The van der Waals surface area contributed by atoms with Crippen molar-refractivity contribution in [1.29, 1.82) is 0 Å². The molecule has 0 amide bonds. The third-order valence-corrected chi connectivity index (χ3v) is 3.31. The molecule has 2 rings (SSSR count). The van der Waals surface area contributed by atoms with Crippen LogP contribution in [0.3, 0.4) is 0 Å². The molecule has 4 heteroatoms. The lowest BCUT2D eigenvalue weighted by atomic mass is 10.1. The minimum atomic E-state index is 0.501. The molecule has 0 aliphatic carbocycles. The molecule has 0 saturated heterocycles. The van der Waals surface area contributed by atoms with E-state index in [0.717, 1.165) is 23.0 Å². The van der Waals surface area contributed by atoms with E-state index in [1.54, 1.807) is 11.8 Å². The van der Waals surface area contributed by atoms with Gasteiger partial charge in [0.15, 0.2) is 5.82 Å². The van der Waals surface area contributed by atoms with Crippen molar-refractivity contribution in [2.24, 2.45) is 0 Å². The molecule has 1 heterocycles. The lowest BCUT2D eigenvalue weighted by Gasteiger charge is -1.99. The molecule has 1 aromatic carbocycles. The second-order valence-corrected chi connectivity index (χ2v) is 5.73. The van der Waals surface area contributed by atoms with Crippen molar-refractivity contribution < 1.29 is 0 Å². The van der Waals surface area contributed by atoms with Gasteiger partial charge in [-0.05, 0) is 12.0 Å². The van der Waals surface area contributed by atoms with Crippen molar-refractivity contribution >= 4 is 11.8 Å². The molecule has 0 unspecified atom stereocenters. The maximum Gasteiger partial charge on any atom is 0.208 e. The summed E-state index contributed by atoms with van der Waals surface area (Å²) < 4.78 is 0. The highest BCUT2D eigenvalue weighted by Gasteiger charge is 2.07. The van der Waals surface area contributed by atoms with Crippen LogP contribution in [0, 0.1) is 0 Å². The van der Waals surface area contributed by atoms with Gasteiger partial charge in [-0.1, -0.05) is 56.8 Å². The van der Waals surface area contributed by atoms with Crippen molar-refractivity contribution in [1.82, 2.24) is 15.2 Å². The lowest BCUT2D eigenvalue weighted by Crippen LogP contribution is -1.87. The SMILES string of the molecule is CCc1ccc(-c2nc(SC(C)C)n[nH]2)cc1. The highest BCUT2D eigenvalue weighted by molar-refractivity contribution is 7.99. The predicted molar refractivity (Wildman–Crippen MR) is 72.2 cm³/mol. The van der Waals surface area contributed by atoms with Gasteiger partial charge in [-0.25, -0.2) is 4.98 Å². The number of nitrogens with zero attached hydrogens (tertiary/aromatic N) is 2. The van der Waals surface area contributed by atoms with E-state index in [1.807, 2.05) is 0 Å². The summed E-state index contributed by atoms with van der Waals surface area (Å²) >= 11 is 1.67. The van der Waals surface area contributed by atoms with E-state index >= 15 is 0 Å². The van der Waals surface area contributed by atoms with Crippen LogP contribution in [0.5, 0.6) is 0 Å². The first kappa shape index (κ1) is 12.2. The van der Waals surface area contributed by atoms with E-state index in [9.17, 15) is 0 Å². The first-order valence-electron chi connectivity index (χ1n) is 5.87. The number of hydrogen-bond acceptors (Lipinski definition) is 3. The van der Waals surface area contributed by atoms with Gasteiger partial charge in [0.1, 0.15) is 0 Å². The molecule has 1 aromatic heterocycles. The van der Waals surface area contributed by atoms with E-state index in [-0.39, 0.29) is 0 Å². The molecule has 17 heavy (non-hydrogen) atoms. The Kier molecular flexibility index (Phi) is 3.84. The lowest BCUT2D eigenvalue weighted by molar-refractivity contribution is 0.961. The molecule has 0 spiro atoms. The van der Waals surface area contributed by atoms with Gasteiger partial charge in [-0.15, -0.1) is 5.10 Å². The maximum absolute atomic E-state index is 4.47. The minimum Gasteiger partial charge on any atom is -0.258 e. The van der Waals surface area contributed by atoms with Gasteiger partial charge in [0.05, 0.1) is 0 Å². The Bertz CT molecular complexity index is 474. The maximum atomic E-state index is 4.47. The molecule has 0 fully saturated rings. The van der Waals surface area contributed by atoms with Crippen molar-refractivity contribution in [2.75, 3.05) is 0 Å². The fourth-order valence-electron chi connectivity index (χ4n) is 1.54. The molecule has 90 valence electrons. The monoisotopic (exact) mass is 247 g/mol. The third kappa shape index (κ3) is 3.09. The second-order valence-electron chi connectivity index (χ2n) is 4.18. The highest BCUT2D eigenvalue weighted by Crippen LogP contribution is 2.22. The molecule has 0 aliphatic heterocycles. The van der Waals surface area contributed by atoms with Crippen molar-refractivity contribution in [3.8, 4) is 11.4 Å². The molecular formula is C13H17N3S. The van der Waals surface area contributed by atoms with E-state index in [2.05, 4.69) is 60.2 Å². The smallest absolute Gasteiger partial charge is 0.208 e. The van der Waals surface area contributed by atoms with Gasteiger partial charge in [-0.2, -0.15) is 0 Å². The van der Waals surface area contributed by atoms with Crippen LogP contribution < -0.4 is 0 Å². The molecule has 1 N–H and O–H groups in total. The number of aryl methyl sites for hydroxylation is 1. The molecule has 0 aliphatic rings. The van der Waals surface area contributed by atoms with Gasteiger partial charge in [0, 0.05) is 10.8 Å². The van der Waals surface area contributed by atoms with Crippen LogP contribution >= 0.6 is 11.8 Å². The van der Waals surface area contributed by atoms with Gasteiger partial charge in [0.25, 0.3) is 0 Å². The topological polar surface area (TPSA) is 41.6 Å². The summed E-state index contributed by atoms with van der Waals surface area (Å²) in [6.07, 6.45) is 1.06. The number of hydrogen-bond donors (Lipinski definition) is 1. The number of aromatic nitrogens is 3. The average molecular weight is 247 g/mol. The number of H-pyrrole nitrogens is 1. The Morgan fingerprint density at radius 2 is 1.94 bits per heavy atom. The number of rotatable bonds is 4. The molecule has 2 aromatic rings. The fourth-order valence-corrected chi connectivity index (χ4v) is 2.20. The molecule has 0 radical (unpaired) electrons. The summed E-state index contributed by atoms with van der Waals surface area (Å²) in [5.74, 6) is 0.843. The normalized spacial score (nSPS) is 11.1. The number of thioether (sulfide) groups is 1. The van der Waals surface area contributed by atoms with Crippen LogP contribution in [-0.4, -0.2) is 20.4 Å². The Labute approximate surface area is 106 Å². The first-order valence-corrected chi connectivity index (χ1v) is 6.75. The second kappa shape index (κ2) is 5.36. The van der Waals surface area contributed by atoms with E-state index in [4.69, 9.17) is 0 Å². The molecular weight excluding hydrogens is 230 g/mol. The summed E-state index contributed by atoms with van der Waals surface area (Å²) in [4.78, 5) is 4.47. The van der Waals surface area contributed by atoms with Gasteiger partial charge < -0.3 is 0 Å². The predicted octanol–water partition coefficient (Wildman–Crippen LogP) is 3.53. The summed E-state index contributed by atoms with van der Waals surface area (Å²) in [7, 11) is 0. The Balaban J connectivity index is 2.18. The van der Waals surface area contributed by atoms with Crippen LogP contribution in [0.2, 0.25) is 0 Å². The molecule has 0 atom stereocenters. The van der Waals surface area contributed by atoms with Crippen LogP contribution in [-0.2, 0) is 6.42 Å². The summed E-state index contributed by atoms with van der Waals surface area (Å²) in [5, 5.41) is 8.50. The third-order valence-electron chi connectivity index (χ3n) is 2.44. The summed E-state index contributed by atoms with van der Waals surface area (Å²) in [6, 6.07) is 8.44. The number of aromatic amines is 1. The highest BCUT2D eigenvalue weighted by atomic mass is 32.2. The fraction of sp³-hybridized carbons (Fsp3) is 0.385. The minimum absolute atomic E-state index is 0.501. The summed E-state index contributed by atoms with van der Waals surface area (Å²) in [5.41, 5.74) is 2.43. The molecule has 0 bridgehead atoms. The Hall–Kier alpha value is -1.29. The average Bonchev–Trinajstić information content (AvgIpc) is 2.77.